The summed E-state index contributed by atoms with van der Waals surface area (Å²) >= 11 is 0. The zero-order chi connectivity index (χ0) is 22.3. The highest BCUT2D eigenvalue weighted by Crippen LogP contribution is 2.10. The molecule has 0 fully saturated rings. The van der Waals surface area contributed by atoms with E-state index < -0.39 is 32.7 Å². The number of nitrogens with zero attached hydrogens (tertiary/aromatic N) is 2. The van der Waals surface area contributed by atoms with Gasteiger partial charge in [0.2, 0.25) is 16.8 Å². The van der Waals surface area contributed by atoms with Crippen molar-refractivity contribution in [3.63, 3.8) is 0 Å². The fourth-order valence-electron chi connectivity index (χ4n) is 3.44. The molecule has 0 aliphatic rings. The molecular formula is C22H18N4O5. The molecule has 156 valence electrons. The fourth-order valence-corrected chi connectivity index (χ4v) is 3.44. The Balaban J connectivity index is 1.83. The van der Waals surface area contributed by atoms with Crippen LogP contribution in [0, 0.1) is 0 Å². The number of benzene rings is 2. The van der Waals surface area contributed by atoms with E-state index in [1.165, 1.54) is 23.4 Å². The predicted molar refractivity (Wildman–Crippen MR) is 118 cm³/mol. The van der Waals surface area contributed by atoms with Crippen molar-refractivity contribution >= 4 is 33.8 Å². The highest BCUT2D eigenvalue weighted by Gasteiger charge is 2.22. The Morgan fingerprint density at radius 1 is 0.968 bits per heavy atom. The van der Waals surface area contributed by atoms with Crippen LogP contribution in [0.5, 0.6) is 0 Å². The van der Waals surface area contributed by atoms with E-state index in [0.29, 0.717) is 11.1 Å². The monoisotopic (exact) mass is 418 g/mol. The number of H-pyrrole nitrogens is 2. The number of hydrogen-bond donors (Lipinski definition) is 2. The number of carbonyl (C=O) groups is 1. The zero-order valence-corrected chi connectivity index (χ0v) is 16.8. The number of amides is 1. The second-order valence-electron chi connectivity index (χ2n) is 7.29. The van der Waals surface area contributed by atoms with Gasteiger partial charge in [0.05, 0.1) is 6.54 Å². The van der Waals surface area contributed by atoms with Gasteiger partial charge in [0.1, 0.15) is 21.8 Å². The van der Waals surface area contributed by atoms with Crippen LogP contribution < -0.4 is 22.0 Å². The molecule has 9 heteroatoms. The minimum Gasteiger partial charge on any atom is -0.355 e. The van der Waals surface area contributed by atoms with Crippen LogP contribution in [0.3, 0.4) is 0 Å². The molecule has 2 N–H and O–H groups in total. The zero-order valence-electron chi connectivity index (χ0n) is 16.8. The molecular weight excluding hydrogens is 400 g/mol. The van der Waals surface area contributed by atoms with Crippen LogP contribution in [0.25, 0.3) is 27.9 Å². The van der Waals surface area contributed by atoms with Gasteiger partial charge in [-0.05, 0) is 23.3 Å². The van der Waals surface area contributed by atoms with Gasteiger partial charge in [0.25, 0.3) is 11.1 Å². The lowest BCUT2D eigenvalue weighted by Crippen LogP contribution is -2.27. The van der Waals surface area contributed by atoms with Gasteiger partial charge in [0, 0.05) is 32.6 Å². The summed E-state index contributed by atoms with van der Waals surface area (Å²) in [6, 6.07) is 6.93. The summed E-state index contributed by atoms with van der Waals surface area (Å²) < 4.78 is 0.889. The topological polar surface area (TPSA) is 125 Å². The van der Waals surface area contributed by atoms with Crippen LogP contribution in [0.15, 0.2) is 61.9 Å². The lowest BCUT2D eigenvalue weighted by Gasteiger charge is -2.06. The van der Waals surface area contributed by atoms with Crippen molar-refractivity contribution < 1.29 is 4.79 Å². The van der Waals surface area contributed by atoms with Gasteiger partial charge >= 0.3 is 0 Å². The van der Waals surface area contributed by atoms with Crippen LogP contribution in [-0.2, 0) is 11.3 Å². The number of carbonyl (C=O) groups excluding carboxylic acids is 1. The van der Waals surface area contributed by atoms with E-state index in [1.54, 1.807) is 44.4 Å². The Bertz CT molecular complexity index is 1510. The Kier molecular flexibility index (Phi) is 4.86. The molecule has 0 bridgehead atoms. The molecule has 2 heterocycles. The highest BCUT2D eigenvalue weighted by molar-refractivity contribution is 5.94. The molecule has 0 atom stereocenters. The average molecular weight is 418 g/mol. The maximum Gasteiger partial charge on any atom is 0.266 e. The summed E-state index contributed by atoms with van der Waals surface area (Å²) in [6.07, 6.45) is 5.88. The van der Waals surface area contributed by atoms with Crippen molar-refractivity contribution in [2.24, 2.45) is 0 Å². The first-order chi connectivity index (χ1) is 14.8. The van der Waals surface area contributed by atoms with E-state index in [0.717, 1.165) is 4.57 Å². The molecule has 4 rings (SSSR count). The number of nitrogens with one attached hydrogen (secondary N) is 2. The van der Waals surface area contributed by atoms with Gasteiger partial charge in [-0.25, -0.2) is 0 Å². The van der Waals surface area contributed by atoms with Crippen molar-refractivity contribution in [2.45, 2.75) is 6.54 Å². The predicted octanol–water partition coefficient (Wildman–Crippen LogP) is 0.479. The number of aromatic amines is 2. The Labute approximate surface area is 174 Å². The lowest BCUT2D eigenvalue weighted by molar-refractivity contribution is -0.123. The van der Waals surface area contributed by atoms with E-state index in [1.807, 2.05) is 0 Å². The van der Waals surface area contributed by atoms with Gasteiger partial charge < -0.3 is 14.9 Å². The molecule has 0 aliphatic heterocycles. The van der Waals surface area contributed by atoms with Crippen LogP contribution in [0.2, 0.25) is 0 Å². The number of fused-ring (bicyclic) bond motifs is 2. The Morgan fingerprint density at radius 3 is 2.10 bits per heavy atom. The highest BCUT2D eigenvalue weighted by atomic mass is 16.2. The third-order valence-corrected chi connectivity index (χ3v) is 5.02. The van der Waals surface area contributed by atoms with Crippen LogP contribution in [0.4, 0.5) is 0 Å². The normalized spacial score (nSPS) is 11.5. The van der Waals surface area contributed by atoms with E-state index in [4.69, 9.17) is 0 Å². The van der Waals surface area contributed by atoms with Crippen LogP contribution >= 0.6 is 0 Å². The number of rotatable bonds is 4. The van der Waals surface area contributed by atoms with Crippen molar-refractivity contribution in [1.29, 1.82) is 0 Å². The minimum absolute atomic E-state index is 0.0491. The van der Waals surface area contributed by atoms with Crippen molar-refractivity contribution in [3.8, 4) is 0 Å². The van der Waals surface area contributed by atoms with E-state index >= 15 is 0 Å². The minimum atomic E-state index is -0.801. The van der Waals surface area contributed by atoms with E-state index in [2.05, 4.69) is 9.97 Å². The van der Waals surface area contributed by atoms with Crippen molar-refractivity contribution in [2.75, 3.05) is 14.1 Å². The van der Waals surface area contributed by atoms with Gasteiger partial charge in [-0.15, -0.1) is 0 Å². The summed E-state index contributed by atoms with van der Waals surface area (Å²) in [5.41, 5.74) is -1.78. The van der Waals surface area contributed by atoms with E-state index in [-0.39, 0.29) is 23.5 Å². The van der Waals surface area contributed by atoms with Gasteiger partial charge in [0.15, 0.2) is 0 Å². The van der Waals surface area contributed by atoms with E-state index in [9.17, 15) is 24.0 Å². The number of hydrogen-bond acceptors (Lipinski definition) is 5. The smallest absolute Gasteiger partial charge is 0.266 e. The third kappa shape index (κ3) is 3.35. The summed E-state index contributed by atoms with van der Waals surface area (Å²) in [7, 11) is 3.28. The second kappa shape index (κ2) is 7.52. The van der Waals surface area contributed by atoms with Gasteiger partial charge in [-0.2, -0.15) is 0 Å². The summed E-state index contributed by atoms with van der Waals surface area (Å²) in [4.78, 5) is 69.8. The molecule has 31 heavy (non-hydrogen) atoms. The summed E-state index contributed by atoms with van der Waals surface area (Å²) in [5, 5.41) is -0.822. The second-order valence-corrected chi connectivity index (χ2v) is 7.29. The van der Waals surface area contributed by atoms with Gasteiger partial charge in [-0.3, -0.25) is 28.5 Å². The standard InChI is InChI=1S/C22H18N4O5/c1-25(2)14(27)7-6-12-4-3-5-13(10-12)11-26-21(30)15-16(22(26)31)20(29)18-17(19(15)28)23-8-9-24-18/h3-10,23-24H,11H2,1-2H3/b7-6+. The molecule has 0 saturated carbocycles. The molecule has 0 aliphatic carbocycles. The molecule has 0 spiro atoms. The molecule has 0 saturated heterocycles. The first-order valence-electron chi connectivity index (χ1n) is 9.40. The lowest BCUT2D eigenvalue weighted by atomic mass is 10.1. The molecule has 4 aromatic rings. The van der Waals surface area contributed by atoms with Crippen molar-refractivity contribution in [1.82, 2.24) is 19.4 Å². The van der Waals surface area contributed by atoms with Crippen LogP contribution in [0.1, 0.15) is 11.1 Å². The van der Waals surface area contributed by atoms with Crippen molar-refractivity contribution in [3.05, 3.63) is 95.0 Å². The first kappa shape index (κ1) is 20.0. The SMILES string of the molecule is CN(C)C(=O)/C=C/c1cccc(Cn2c(=O)c3c(=O)c4[nH]cc[nH]c4c(=O)c3c2=O)c1. The maximum absolute atomic E-state index is 12.9. The number of aromatic nitrogens is 3. The quantitative estimate of drug-likeness (QED) is 0.467. The van der Waals surface area contributed by atoms with Crippen LogP contribution in [-0.4, -0.2) is 39.4 Å². The summed E-state index contributed by atoms with van der Waals surface area (Å²) in [5.74, 6) is -0.183. The van der Waals surface area contributed by atoms with Gasteiger partial charge in [-0.1, -0.05) is 18.2 Å². The average Bonchev–Trinajstić information content (AvgIpc) is 3.01. The molecule has 0 radical (unpaired) electrons. The molecule has 1 amide bonds. The summed E-state index contributed by atoms with van der Waals surface area (Å²) in [6.45, 7) is -0.113. The molecule has 0 unspecified atom stereocenters. The molecule has 2 aromatic carbocycles. The largest absolute Gasteiger partial charge is 0.355 e. The Hall–Kier alpha value is -4.27. The fraction of sp³-hybridized carbons (Fsp3) is 0.136. The molecule has 9 nitrogen and oxygen atoms in total. The number of likely N-dealkylation sites (N-methyl/N-ethyl adjacent to an activating group) is 1. The first-order valence-corrected chi connectivity index (χ1v) is 9.40. The Morgan fingerprint density at radius 2 is 1.55 bits per heavy atom. The third-order valence-electron chi connectivity index (χ3n) is 5.02. The maximum atomic E-state index is 12.9. The molecule has 2 aromatic heterocycles.